The Labute approximate surface area is 162 Å². The first kappa shape index (κ1) is 16.6. The van der Waals surface area contributed by atoms with Crippen LogP contribution < -0.4 is 4.90 Å². The van der Waals surface area contributed by atoms with E-state index in [9.17, 15) is 14.0 Å². The van der Waals surface area contributed by atoms with Crippen LogP contribution in [0.1, 0.15) is 20.7 Å². The van der Waals surface area contributed by atoms with Crippen LogP contribution in [0.2, 0.25) is 5.02 Å². The van der Waals surface area contributed by atoms with Gasteiger partial charge in [-0.15, -0.1) is 0 Å². The van der Waals surface area contributed by atoms with Crippen molar-refractivity contribution < 1.29 is 14.0 Å². The van der Waals surface area contributed by atoms with E-state index < -0.39 is 17.6 Å². The first-order valence-electron chi connectivity index (χ1n) is 8.32. The lowest BCUT2D eigenvalue weighted by atomic mass is 10.0. The number of benzene rings is 2. The third kappa shape index (κ3) is 2.26. The molecule has 0 atom stereocenters. The molecule has 0 unspecified atom stereocenters. The molecule has 0 saturated carbocycles. The summed E-state index contributed by atoms with van der Waals surface area (Å²) in [6, 6.07) is 12.6. The van der Waals surface area contributed by atoms with Gasteiger partial charge in [-0.25, -0.2) is 14.3 Å². The van der Waals surface area contributed by atoms with E-state index in [0.717, 1.165) is 10.5 Å². The number of pyridine rings is 1. The molecule has 4 aromatic rings. The molecule has 6 nitrogen and oxygen atoms in total. The highest BCUT2D eigenvalue weighted by atomic mass is 35.5. The highest BCUT2D eigenvalue weighted by molar-refractivity contribution is 6.38. The molecule has 1 aliphatic rings. The smallest absolute Gasteiger partial charge is 0.267 e. The summed E-state index contributed by atoms with van der Waals surface area (Å²) < 4.78 is 14.3. The minimum atomic E-state index is -0.661. The van der Waals surface area contributed by atoms with Gasteiger partial charge in [0.25, 0.3) is 11.8 Å². The minimum Gasteiger partial charge on any atom is -0.275 e. The van der Waals surface area contributed by atoms with Crippen molar-refractivity contribution >= 4 is 40.1 Å². The highest BCUT2D eigenvalue weighted by Gasteiger charge is 2.40. The Morgan fingerprint density at radius 1 is 1.00 bits per heavy atom. The van der Waals surface area contributed by atoms with Gasteiger partial charge in [0.05, 0.1) is 27.9 Å². The van der Waals surface area contributed by atoms with Crippen LogP contribution in [0.5, 0.6) is 0 Å². The Morgan fingerprint density at radius 3 is 2.50 bits per heavy atom. The normalized spacial score (nSPS) is 13.4. The molecule has 28 heavy (non-hydrogen) atoms. The van der Waals surface area contributed by atoms with Crippen molar-refractivity contribution in [2.24, 2.45) is 0 Å². The molecule has 0 aliphatic carbocycles. The zero-order valence-corrected chi connectivity index (χ0v) is 14.9. The van der Waals surface area contributed by atoms with E-state index in [-0.39, 0.29) is 16.8 Å². The van der Waals surface area contributed by atoms with E-state index in [1.165, 1.54) is 24.4 Å². The standard InChI is InChI=1S/C20H10ClFN4O2/c21-11-7-5-10(6-8-11)17-16-15-12(9-23-18(16)25-24-17)19(27)26(20(15)28)14-4-2-1-3-13(14)22/h1-9H,(H,23,24,25). The Hall–Kier alpha value is -3.58. The molecule has 0 bridgehead atoms. The Morgan fingerprint density at radius 2 is 1.75 bits per heavy atom. The zero-order chi connectivity index (χ0) is 19.4. The SMILES string of the molecule is O=C1c2cnc3n[nH]c(-c4ccc(Cl)cc4)c3c2C(=O)N1c1ccccc1F. The number of carbonyl (C=O) groups excluding carboxylic acids is 2. The van der Waals surface area contributed by atoms with Gasteiger partial charge in [-0.05, 0) is 24.3 Å². The number of H-pyrrole nitrogens is 1. The predicted molar refractivity (Wildman–Crippen MR) is 102 cm³/mol. The summed E-state index contributed by atoms with van der Waals surface area (Å²) in [5.41, 5.74) is 1.71. The molecule has 2 amide bonds. The summed E-state index contributed by atoms with van der Waals surface area (Å²) in [5, 5.41) is 7.99. The number of rotatable bonds is 2. The van der Waals surface area contributed by atoms with Crippen molar-refractivity contribution in [3.63, 3.8) is 0 Å². The Balaban J connectivity index is 1.75. The van der Waals surface area contributed by atoms with Gasteiger partial charge in [0.15, 0.2) is 5.65 Å². The first-order chi connectivity index (χ1) is 13.6. The average molecular weight is 393 g/mol. The van der Waals surface area contributed by atoms with Gasteiger partial charge in [-0.1, -0.05) is 35.9 Å². The lowest BCUT2D eigenvalue weighted by Gasteiger charge is -2.14. The average Bonchev–Trinajstić information content (AvgIpc) is 3.23. The van der Waals surface area contributed by atoms with E-state index in [1.54, 1.807) is 30.3 Å². The van der Waals surface area contributed by atoms with Crippen LogP contribution in [0.4, 0.5) is 10.1 Å². The highest BCUT2D eigenvalue weighted by Crippen LogP contribution is 2.37. The first-order valence-corrected chi connectivity index (χ1v) is 8.70. The maximum atomic E-state index is 14.3. The molecule has 3 heterocycles. The maximum absolute atomic E-state index is 14.3. The number of nitrogens with one attached hydrogen (secondary N) is 1. The van der Waals surface area contributed by atoms with Gasteiger partial charge in [-0.3, -0.25) is 14.7 Å². The number of hydrogen-bond donors (Lipinski definition) is 1. The van der Waals surface area contributed by atoms with Gasteiger partial charge >= 0.3 is 0 Å². The van der Waals surface area contributed by atoms with Crippen LogP contribution in [0.25, 0.3) is 22.3 Å². The van der Waals surface area contributed by atoms with Crippen molar-refractivity contribution in [1.29, 1.82) is 0 Å². The van der Waals surface area contributed by atoms with Crippen LogP contribution in [-0.2, 0) is 0 Å². The molecule has 8 heteroatoms. The second-order valence-corrected chi connectivity index (χ2v) is 6.68. The summed E-state index contributed by atoms with van der Waals surface area (Å²) in [6.07, 6.45) is 1.30. The zero-order valence-electron chi connectivity index (χ0n) is 14.1. The van der Waals surface area contributed by atoms with Gasteiger partial charge in [0, 0.05) is 16.8 Å². The molecule has 1 aliphatic heterocycles. The quantitative estimate of drug-likeness (QED) is 0.518. The van der Waals surface area contributed by atoms with Crippen LogP contribution in [0.15, 0.2) is 54.7 Å². The van der Waals surface area contributed by atoms with E-state index in [1.807, 2.05) is 0 Å². The number of imide groups is 1. The Kier molecular flexibility index (Phi) is 3.53. The number of aromatic amines is 1. The van der Waals surface area contributed by atoms with Crippen molar-refractivity contribution in [3.05, 3.63) is 76.7 Å². The number of halogens is 2. The van der Waals surface area contributed by atoms with Crippen molar-refractivity contribution in [2.75, 3.05) is 4.90 Å². The number of carbonyl (C=O) groups is 2. The predicted octanol–water partition coefficient (Wildman–Crippen LogP) is 4.22. The lowest BCUT2D eigenvalue weighted by Crippen LogP contribution is -2.30. The summed E-state index contributed by atoms with van der Waals surface area (Å²) in [7, 11) is 0. The number of amides is 2. The van der Waals surface area contributed by atoms with Gasteiger partial charge in [-0.2, -0.15) is 5.10 Å². The number of anilines is 1. The second kappa shape index (κ2) is 5.97. The third-order valence-corrected chi connectivity index (χ3v) is 4.91. The molecule has 5 rings (SSSR count). The Bertz CT molecular complexity index is 1280. The maximum Gasteiger partial charge on any atom is 0.267 e. The molecule has 2 aromatic carbocycles. The van der Waals surface area contributed by atoms with Crippen molar-refractivity contribution in [1.82, 2.24) is 15.2 Å². The van der Waals surface area contributed by atoms with E-state index >= 15 is 0 Å². The molecule has 0 radical (unpaired) electrons. The monoisotopic (exact) mass is 392 g/mol. The lowest BCUT2D eigenvalue weighted by molar-refractivity contribution is 0.0925. The minimum absolute atomic E-state index is 0.0987. The molecule has 136 valence electrons. The van der Waals surface area contributed by atoms with E-state index in [4.69, 9.17) is 11.6 Å². The second-order valence-electron chi connectivity index (χ2n) is 6.25. The van der Waals surface area contributed by atoms with Crippen molar-refractivity contribution in [2.45, 2.75) is 0 Å². The number of fused-ring (bicyclic) bond motifs is 3. The summed E-state index contributed by atoms with van der Waals surface area (Å²) >= 11 is 5.95. The molecule has 0 spiro atoms. The largest absolute Gasteiger partial charge is 0.275 e. The molecular weight excluding hydrogens is 383 g/mol. The van der Waals surface area contributed by atoms with Crippen LogP contribution in [0.3, 0.4) is 0 Å². The fourth-order valence-electron chi connectivity index (χ4n) is 3.37. The number of hydrogen-bond acceptors (Lipinski definition) is 4. The third-order valence-electron chi connectivity index (χ3n) is 4.66. The van der Waals surface area contributed by atoms with Gasteiger partial charge < -0.3 is 0 Å². The van der Waals surface area contributed by atoms with Crippen LogP contribution in [0, 0.1) is 5.82 Å². The number of nitrogens with zero attached hydrogens (tertiary/aromatic N) is 3. The van der Waals surface area contributed by atoms with E-state index in [2.05, 4.69) is 15.2 Å². The van der Waals surface area contributed by atoms with Gasteiger partial charge in [0.2, 0.25) is 0 Å². The molecular formula is C20H10ClFN4O2. The van der Waals surface area contributed by atoms with Gasteiger partial charge in [0.1, 0.15) is 5.82 Å². The fraction of sp³-hybridized carbons (Fsp3) is 0. The summed E-state index contributed by atoms with van der Waals surface area (Å²) in [6.45, 7) is 0. The number of para-hydroxylation sites is 1. The molecule has 2 aromatic heterocycles. The number of aromatic nitrogens is 3. The van der Waals surface area contributed by atoms with E-state index in [0.29, 0.717) is 21.7 Å². The molecule has 1 N–H and O–H groups in total. The van der Waals surface area contributed by atoms with Crippen LogP contribution >= 0.6 is 11.6 Å². The van der Waals surface area contributed by atoms with Crippen LogP contribution in [-0.4, -0.2) is 27.0 Å². The van der Waals surface area contributed by atoms with Crippen molar-refractivity contribution in [3.8, 4) is 11.3 Å². The topological polar surface area (TPSA) is 79.0 Å². The summed E-state index contributed by atoms with van der Waals surface area (Å²) in [4.78, 5) is 31.0. The summed E-state index contributed by atoms with van der Waals surface area (Å²) in [5.74, 6) is -1.90. The molecule has 0 fully saturated rings. The fourth-order valence-corrected chi connectivity index (χ4v) is 3.50. The molecule has 0 saturated heterocycles.